The van der Waals surface area contributed by atoms with Crippen molar-refractivity contribution in [2.24, 2.45) is 0 Å². The van der Waals surface area contributed by atoms with Crippen molar-refractivity contribution in [3.8, 4) is 5.75 Å². The van der Waals surface area contributed by atoms with Crippen LogP contribution in [0.25, 0.3) is 0 Å². The van der Waals surface area contributed by atoms with Gasteiger partial charge in [0.1, 0.15) is 11.4 Å². The number of anilines is 2. The predicted molar refractivity (Wildman–Crippen MR) is 103 cm³/mol. The molecule has 2 aromatic rings. The van der Waals surface area contributed by atoms with Gasteiger partial charge in [-0.25, -0.2) is 0 Å². The van der Waals surface area contributed by atoms with Gasteiger partial charge in [-0.15, -0.1) is 0 Å². The van der Waals surface area contributed by atoms with Crippen LogP contribution in [0.2, 0.25) is 0 Å². The summed E-state index contributed by atoms with van der Waals surface area (Å²) in [4.78, 5) is 18.8. The first kappa shape index (κ1) is 18.8. The van der Waals surface area contributed by atoms with Crippen molar-refractivity contribution in [1.82, 2.24) is 4.98 Å². The van der Waals surface area contributed by atoms with Gasteiger partial charge < -0.3 is 15.0 Å². The van der Waals surface area contributed by atoms with Crippen LogP contribution in [-0.4, -0.2) is 30.6 Å². The van der Waals surface area contributed by atoms with Crippen molar-refractivity contribution in [3.05, 3.63) is 48.3 Å². The molecule has 0 fully saturated rings. The first-order valence-corrected chi connectivity index (χ1v) is 8.75. The zero-order valence-electron chi connectivity index (χ0n) is 15.5. The molecule has 5 heteroatoms. The molecule has 0 atom stereocenters. The second kappa shape index (κ2) is 9.06. The predicted octanol–water partition coefficient (Wildman–Crippen LogP) is 4.36. The fraction of sp³-hybridized carbons (Fsp3) is 0.400. The summed E-state index contributed by atoms with van der Waals surface area (Å²) >= 11 is 0. The van der Waals surface area contributed by atoms with Gasteiger partial charge >= 0.3 is 0 Å². The van der Waals surface area contributed by atoms with Gasteiger partial charge in [-0.1, -0.05) is 13.3 Å². The van der Waals surface area contributed by atoms with E-state index in [2.05, 4.69) is 22.1 Å². The van der Waals surface area contributed by atoms with E-state index >= 15 is 0 Å². The minimum Gasteiger partial charge on any atom is -0.491 e. The van der Waals surface area contributed by atoms with Crippen molar-refractivity contribution < 1.29 is 9.53 Å². The molecule has 1 aromatic carbocycles. The van der Waals surface area contributed by atoms with E-state index in [0.717, 1.165) is 30.8 Å². The highest BCUT2D eigenvalue weighted by Crippen LogP contribution is 2.18. The summed E-state index contributed by atoms with van der Waals surface area (Å²) in [5, 5.41) is 2.87. The Labute approximate surface area is 150 Å². The summed E-state index contributed by atoms with van der Waals surface area (Å²) in [5.41, 5.74) is 2.12. The number of hydrogen-bond acceptors (Lipinski definition) is 4. The van der Waals surface area contributed by atoms with Crippen LogP contribution < -0.4 is 15.0 Å². The summed E-state index contributed by atoms with van der Waals surface area (Å²) in [6.45, 7) is 7.08. The summed E-state index contributed by atoms with van der Waals surface area (Å²) in [5.74, 6) is 0.564. The summed E-state index contributed by atoms with van der Waals surface area (Å²) in [6, 6.07) is 11.1. The van der Waals surface area contributed by atoms with E-state index in [1.807, 2.05) is 57.3 Å². The summed E-state index contributed by atoms with van der Waals surface area (Å²) in [7, 11) is 2.03. The number of carbonyl (C=O) groups excluding carboxylic acids is 1. The topological polar surface area (TPSA) is 54.5 Å². The molecule has 1 N–H and O–H groups in total. The third kappa shape index (κ3) is 5.78. The van der Waals surface area contributed by atoms with E-state index in [9.17, 15) is 4.79 Å². The molecule has 0 saturated heterocycles. The standard InChI is InChI=1S/C20H27N3O2/c1-5-6-13-23(4)17-11-12-21-19(14-17)20(24)22-16-7-9-18(10-8-16)25-15(2)3/h7-12,14-15H,5-6,13H2,1-4H3,(H,22,24). The van der Waals surface area contributed by atoms with Gasteiger partial charge in [0.2, 0.25) is 0 Å². The molecule has 134 valence electrons. The number of unbranched alkanes of at least 4 members (excludes halogenated alkanes) is 1. The van der Waals surface area contributed by atoms with Gasteiger partial charge in [0.15, 0.2) is 0 Å². The number of nitrogens with zero attached hydrogens (tertiary/aromatic N) is 2. The highest BCUT2D eigenvalue weighted by Gasteiger charge is 2.10. The van der Waals surface area contributed by atoms with E-state index in [1.165, 1.54) is 0 Å². The second-order valence-electron chi connectivity index (χ2n) is 6.32. The molecule has 0 saturated carbocycles. The minimum atomic E-state index is -0.219. The fourth-order valence-electron chi connectivity index (χ4n) is 2.39. The minimum absolute atomic E-state index is 0.122. The Kier molecular flexibility index (Phi) is 6.81. The van der Waals surface area contributed by atoms with E-state index < -0.39 is 0 Å². The lowest BCUT2D eigenvalue weighted by molar-refractivity contribution is 0.102. The highest BCUT2D eigenvalue weighted by atomic mass is 16.5. The van der Waals surface area contributed by atoms with Crippen LogP contribution in [0.1, 0.15) is 44.1 Å². The third-order valence-corrected chi connectivity index (χ3v) is 3.75. The molecule has 0 aliphatic carbocycles. The van der Waals surface area contributed by atoms with Crippen LogP contribution in [-0.2, 0) is 0 Å². The zero-order chi connectivity index (χ0) is 18.2. The van der Waals surface area contributed by atoms with Gasteiger partial charge in [-0.2, -0.15) is 0 Å². The van der Waals surface area contributed by atoms with Crippen molar-refractivity contribution in [2.75, 3.05) is 23.8 Å². The van der Waals surface area contributed by atoms with E-state index in [1.54, 1.807) is 6.20 Å². The molecule has 0 bridgehead atoms. The maximum absolute atomic E-state index is 12.4. The molecule has 1 heterocycles. The van der Waals surface area contributed by atoms with Gasteiger partial charge in [0.05, 0.1) is 6.10 Å². The lowest BCUT2D eigenvalue weighted by Gasteiger charge is -2.19. The lowest BCUT2D eigenvalue weighted by atomic mass is 10.2. The molecule has 0 aliphatic rings. The van der Waals surface area contributed by atoms with Gasteiger partial charge in [-0.3, -0.25) is 9.78 Å². The van der Waals surface area contributed by atoms with Crippen molar-refractivity contribution in [1.29, 1.82) is 0 Å². The number of nitrogens with one attached hydrogen (secondary N) is 1. The fourth-order valence-corrected chi connectivity index (χ4v) is 2.39. The Morgan fingerprint density at radius 3 is 2.60 bits per heavy atom. The number of carbonyl (C=O) groups is 1. The Balaban J connectivity index is 2.03. The molecule has 2 rings (SSSR count). The average Bonchev–Trinajstić information content (AvgIpc) is 2.61. The highest BCUT2D eigenvalue weighted by molar-refractivity contribution is 6.03. The summed E-state index contributed by atoms with van der Waals surface area (Å²) in [6.07, 6.45) is 4.05. The van der Waals surface area contributed by atoms with Gasteiger partial charge in [-0.05, 0) is 56.7 Å². The second-order valence-corrected chi connectivity index (χ2v) is 6.32. The molecule has 0 spiro atoms. The van der Waals surface area contributed by atoms with Crippen molar-refractivity contribution >= 4 is 17.3 Å². The molecule has 1 amide bonds. The van der Waals surface area contributed by atoms with Crippen LogP contribution in [0.5, 0.6) is 5.75 Å². The third-order valence-electron chi connectivity index (χ3n) is 3.75. The number of amides is 1. The number of rotatable bonds is 8. The van der Waals surface area contributed by atoms with E-state index in [0.29, 0.717) is 11.4 Å². The zero-order valence-corrected chi connectivity index (χ0v) is 15.5. The number of hydrogen-bond donors (Lipinski definition) is 1. The van der Waals surface area contributed by atoms with E-state index in [-0.39, 0.29) is 12.0 Å². The average molecular weight is 341 g/mol. The first-order chi connectivity index (χ1) is 12.0. The molecule has 0 radical (unpaired) electrons. The Bertz CT molecular complexity index is 684. The Hall–Kier alpha value is -2.56. The van der Waals surface area contributed by atoms with Gasteiger partial charge in [0, 0.05) is 31.2 Å². The van der Waals surface area contributed by atoms with Crippen LogP contribution >= 0.6 is 0 Å². The number of aromatic nitrogens is 1. The lowest BCUT2D eigenvalue weighted by Crippen LogP contribution is -2.20. The number of pyridine rings is 1. The number of ether oxygens (including phenoxy) is 1. The van der Waals surface area contributed by atoms with E-state index in [4.69, 9.17) is 4.74 Å². The quantitative estimate of drug-likeness (QED) is 0.775. The first-order valence-electron chi connectivity index (χ1n) is 8.75. The molecule has 5 nitrogen and oxygen atoms in total. The van der Waals surface area contributed by atoms with Crippen LogP contribution in [0.3, 0.4) is 0 Å². The molecular formula is C20H27N3O2. The van der Waals surface area contributed by atoms with Crippen molar-refractivity contribution in [3.63, 3.8) is 0 Å². The molecule has 1 aromatic heterocycles. The Morgan fingerprint density at radius 2 is 1.96 bits per heavy atom. The normalized spacial score (nSPS) is 10.6. The van der Waals surface area contributed by atoms with Crippen molar-refractivity contribution in [2.45, 2.75) is 39.7 Å². The smallest absolute Gasteiger partial charge is 0.274 e. The summed E-state index contributed by atoms with van der Waals surface area (Å²) < 4.78 is 5.60. The SMILES string of the molecule is CCCCN(C)c1ccnc(C(=O)Nc2ccc(OC(C)C)cc2)c1. The molecule has 0 aliphatic heterocycles. The van der Waals surface area contributed by atoms with Crippen LogP contribution in [0, 0.1) is 0 Å². The monoisotopic (exact) mass is 341 g/mol. The molecule has 25 heavy (non-hydrogen) atoms. The molecular weight excluding hydrogens is 314 g/mol. The number of benzene rings is 1. The van der Waals surface area contributed by atoms with Crippen LogP contribution in [0.4, 0.5) is 11.4 Å². The molecule has 0 unspecified atom stereocenters. The van der Waals surface area contributed by atoms with Crippen LogP contribution in [0.15, 0.2) is 42.6 Å². The van der Waals surface area contributed by atoms with Gasteiger partial charge in [0.25, 0.3) is 5.91 Å². The Morgan fingerprint density at radius 1 is 1.24 bits per heavy atom. The maximum atomic E-state index is 12.4. The maximum Gasteiger partial charge on any atom is 0.274 e. The largest absolute Gasteiger partial charge is 0.491 e.